The van der Waals surface area contributed by atoms with E-state index < -0.39 is 35.7 Å². The summed E-state index contributed by atoms with van der Waals surface area (Å²) in [6, 6.07) is 2.64. The molecule has 0 aromatic heterocycles. The van der Waals surface area contributed by atoms with Gasteiger partial charge in [-0.3, -0.25) is 19.5 Å². The number of carboxylic acids is 1. The Bertz CT molecular complexity index is 655. The number of carboxylic acid groups (broad SMARTS) is 1. The molecule has 0 fully saturated rings. The summed E-state index contributed by atoms with van der Waals surface area (Å²) >= 11 is 0. The number of aromatic carboxylic acids is 1. The van der Waals surface area contributed by atoms with E-state index in [9.17, 15) is 24.4 Å². The molecule has 0 radical (unpaired) electrons. The highest BCUT2D eigenvalue weighted by atomic mass is 31.2. The van der Waals surface area contributed by atoms with Crippen molar-refractivity contribution in [3.8, 4) is 5.75 Å². The van der Waals surface area contributed by atoms with E-state index in [1.807, 2.05) is 21.1 Å². The van der Waals surface area contributed by atoms with Crippen molar-refractivity contribution in [3.05, 3.63) is 33.9 Å². The second kappa shape index (κ2) is 7.05. The maximum Gasteiger partial charge on any atom is 0.527 e. The van der Waals surface area contributed by atoms with Gasteiger partial charge in [-0.05, 0) is 6.07 Å². The molecule has 10 nitrogen and oxygen atoms in total. The summed E-state index contributed by atoms with van der Waals surface area (Å²) in [7, 11) is 1.01. The van der Waals surface area contributed by atoms with Gasteiger partial charge < -0.3 is 14.1 Å². The minimum absolute atomic E-state index is 0.0906. The largest absolute Gasteiger partial charge is 0.527 e. The summed E-state index contributed by atoms with van der Waals surface area (Å²) < 4.78 is 21.8. The van der Waals surface area contributed by atoms with Crippen molar-refractivity contribution >= 4 is 19.5 Å². The van der Waals surface area contributed by atoms with Crippen LogP contribution in [0.5, 0.6) is 5.75 Å². The molecular formula is C12H18N2O8P+. The van der Waals surface area contributed by atoms with Crippen molar-refractivity contribution in [2.75, 3.05) is 34.3 Å². The van der Waals surface area contributed by atoms with Gasteiger partial charge in [-0.2, -0.15) is 0 Å². The van der Waals surface area contributed by atoms with Gasteiger partial charge in [0.1, 0.15) is 24.5 Å². The Morgan fingerprint density at radius 3 is 2.48 bits per heavy atom. The number of quaternary nitrogens is 1. The van der Waals surface area contributed by atoms with E-state index in [0.717, 1.165) is 18.2 Å². The SMILES string of the molecule is C[N+](C)(C)CCOP(=O)(O)Oc1ccc([N+](=O)[O-])cc1C(=O)O. The lowest BCUT2D eigenvalue weighted by molar-refractivity contribution is -0.870. The van der Waals surface area contributed by atoms with Crippen LogP contribution in [0.25, 0.3) is 0 Å². The van der Waals surface area contributed by atoms with Gasteiger partial charge in [-0.15, -0.1) is 0 Å². The summed E-state index contributed by atoms with van der Waals surface area (Å²) in [5.74, 6) is -2.02. The number of phosphoric ester groups is 1. The first-order valence-electron chi connectivity index (χ1n) is 6.40. The van der Waals surface area contributed by atoms with E-state index in [2.05, 4.69) is 0 Å². The minimum atomic E-state index is -4.55. The van der Waals surface area contributed by atoms with E-state index in [1.54, 1.807) is 0 Å². The average Bonchev–Trinajstić information content (AvgIpc) is 2.36. The molecule has 0 amide bonds. The van der Waals surface area contributed by atoms with Crippen LogP contribution in [0.15, 0.2) is 18.2 Å². The van der Waals surface area contributed by atoms with Crippen molar-refractivity contribution in [1.29, 1.82) is 0 Å². The van der Waals surface area contributed by atoms with E-state index in [-0.39, 0.29) is 6.61 Å². The number of nitro benzene ring substituents is 1. The van der Waals surface area contributed by atoms with Gasteiger partial charge in [0.2, 0.25) is 0 Å². The molecule has 1 aromatic rings. The smallest absolute Gasteiger partial charge is 0.478 e. The van der Waals surface area contributed by atoms with E-state index in [0.29, 0.717) is 11.0 Å². The Balaban J connectivity index is 2.92. The second-order valence-electron chi connectivity index (χ2n) is 5.65. The maximum absolute atomic E-state index is 11.8. The van der Waals surface area contributed by atoms with Gasteiger partial charge >= 0.3 is 13.8 Å². The third-order valence-corrected chi connectivity index (χ3v) is 3.57. The molecule has 0 aliphatic heterocycles. The van der Waals surface area contributed by atoms with Gasteiger partial charge in [0.05, 0.1) is 26.1 Å². The van der Waals surface area contributed by atoms with Crippen molar-refractivity contribution < 1.29 is 37.8 Å². The molecule has 0 aliphatic rings. The lowest BCUT2D eigenvalue weighted by atomic mass is 10.2. The van der Waals surface area contributed by atoms with Gasteiger partial charge in [0.25, 0.3) is 5.69 Å². The molecule has 0 saturated carbocycles. The fraction of sp³-hybridized carbons (Fsp3) is 0.417. The number of nitrogens with zero attached hydrogens (tertiary/aromatic N) is 2. The Kier molecular flexibility index (Phi) is 5.84. The van der Waals surface area contributed by atoms with Crippen molar-refractivity contribution in [2.24, 2.45) is 0 Å². The first-order valence-corrected chi connectivity index (χ1v) is 7.90. The molecule has 0 bridgehead atoms. The van der Waals surface area contributed by atoms with Crippen molar-refractivity contribution in [1.82, 2.24) is 0 Å². The fourth-order valence-electron chi connectivity index (χ4n) is 1.46. The summed E-state index contributed by atoms with van der Waals surface area (Å²) in [6.07, 6.45) is 0. The van der Waals surface area contributed by atoms with E-state index >= 15 is 0 Å². The number of hydrogen-bond donors (Lipinski definition) is 2. The topological polar surface area (TPSA) is 136 Å². The minimum Gasteiger partial charge on any atom is -0.478 e. The van der Waals surface area contributed by atoms with Gasteiger partial charge in [0, 0.05) is 12.1 Å². The number of hydrogen-bond acceptors (Lipinski definition) is 6. The Morgan fingerprint density at radius 1 is 1.39 bits per heavy atom. The summed E-state index contributed by atoms with van der Waals surface area (Å²) in [5, 5.41) is 19.7. The van der Waals surface area contributed by atoms with Gasteiger partial charge in [0.15, 0.2) is 0 Å². The molecule has 0 aliphatic carbocycles. The first-order chi connectivity index (χ1) is 10.4. The summed E-state index contributed by atoms with van der Waals surface area (Å²) in [6.45, 7) is 0.326. The van der Waals surface area contributed by atoms with Crippen LogP contribution >= 0.6 is 7.82 Å². The average molecular weight is 349 g/mol. The third kappa shape index (κ3) is 6.33. The van der Waals surface area contributed by atoms with Crippen LogP contribution in [-0.4, -0.2) is 59.7 Å². The second-order valence-corrected chi connectivity index (χ2v) is 7.03. The summed E-state index contributed by atoms with van der Waals surface area (Å²) in [4.78, 5) is 30.6. The van der Waals surface area contributed by atoms with Crippen LogP contribution in [0.2, 0.25) is 0 Å². The van der Waals surface area contributed by atoms with Crippen LogP contribution in [0.4, 0.5) is 5.69 Å². The molecule has 11 heteroatoms. The zero-order valence-electron chi connectivity index (χ0n) is 12.8. The molecule has 128 valence electrons. The highest BCUT2D eigenvalue weighted by Gasteiger charge is 2.28. The Labute approximate surface area is 132 Å². The standard InChI is InChI=1S/C12H17N2O8P/c1-14(2,3)6-7-21-23(19,20)22-11-5-4-9(13(17)18)8-10(11)12(15)16/h4-5,8H,6-7H2,1-3H3,(H-,15,16,19,20)/p+1. The predicted octanol–water partition coefficient (Wildman–Crippen LogP) is 1.49. The van der Waals surface area contributed by atoms with E-state index in [4.69, 9.17) is 14.2 Å². The molecule has 1 unspecified atom stereocenters. The molecular weight excluding hydrogens is 331 g/mol. The molecule has 1 aromatic carbocycles. The monoisotopic (exact) mass is 349 g/mol. The lowest BCUT2D eigenvalue weighted by Crippen LogP contribution is -2.37. The summed E-state index contributed by atoms with van der Waals surface area (Å²) in [5.41, 5.74) is -1.09. The Hall–Kier alpha value is -2.00. The molecule has 0 saturated heterocycles. The quantitative estimate of drug-likeness (QED) is 0.312. The lowest BCUT2D eigenvalue weighted by Gasteiger charge is -2.24. The van der Waals surface area contributed by atoms with Crippen LogP contribution in [0.3, 0.4) is 0 Å². The van der Waals surface area contributed by atoms with Crippen LogP contribution in [0.1, 0.15) is 10.4 Å². The maximum atomic E-state index is 11.8. The first kappa shape index (κ1) is 19.0. The van der Waals surface area contributed by atoms with Crippen LogP contribution in [-0.2, 0) is 9.09 Å². The van der Waals surface area contributed by atoms with Gasteiger partial charge in [-0.1, -0.05) is 0 Å². The fourth-order valence-corrected chi connectivity index (χ4v) is 2.23. The van der Waals surface area contributed by atoms with Crippen LogP contribution in [0, 0.1) is 10.1 Å². The predicted molar refractivity (Wildman–Crippen MR) is 79.4 cm³/mol. The van der Waals surface area contributed by atoms with Crippen LogP contribution < -0.4 is 4.52 Å². The number of likely N-dealkylation sites (N-methyl/N-ethyl adjacent to an activating group) is 1. The van der Waals surface area contributed by atoms with Crippen molar-refractivity contribution in [3.63, 3.8) is 0 Å². The highest BCUT2D eigenvalue weighted by Crippen LogP contribution is 2.45. The van der Waals surface area contributed by atoms with E-state index in [1.165, 1.54) is 0 Å². The van der Waals surface area contributed by atoms with Gasteiger partial charge in [-0.25, -0.2) is 9.36 Å². The highest BCUT2D eigenvalue weighted by molar-refractivity contribution is 7.47. The number of phosphoric acid groups is 1. The number of rotatable bonds is 8. The zero-order valence-corrected chi connectivity index (χ0v) is 13.7. The number of nitro groups is 1. The number of benzene rings is 1. The molecule has 0 spiro atoms. The third-order valence-electron chi connectivity index (χ3n) is 2.63. The molecule has 2 N–H and O–H groups in total. The molecule has 1 rings (SSSR count). The zero-order chi connectivity index (χ0) is 17.8. The number of carbonyl (C=O) groups is 1. The molecule has 23 heavy (non-hydrogen) atoms. The molecule has 1 atom stereocenters. The molecule has 0 heterocycles. The Morgan fingerprint density at radius 2 is 2.00 bits per heavy atom. The number of non-ortho nitro benzene ring substituents is 1. The normalized spacial score (nSPS) is 14.1. The van der Waals surface area contributed by atoms with Crippen molar-refractivity contribution in [2.45, 2.75) is 0 Å².